The first-order chi connectivity index (χ1) is 18.4. The van der Waals surface area contributed by atoms with E-state index in [4.69, 9.17) is 9.47 Å². The Morgan fingerprint density at radius 1 is 1.16 bits per heavy atom. The number of esters is 1. The second kappa shape index (κ2) is 10.8. The van der Waals surface area contributed by atoms with Crippen molar-refractivity contribution >= 4 is 24.1 Å². The fraction of sp³-hybridized carbons (Fsp3) is 0.241. The third-order valence-corrected chi connectivity index (χ3v) is 6.54. The van der Waals surface area contributed by atoms with E-state index in [1.165, 1.54) is 50.8 Å². The number of halogens is 1. The lowest BCUT2D eigenvalue weighted by Gasteiger charge is -2.20. The molecule has 194 valence electrons. The molecule has 1 aromatic carbocycles. The summed E-state index contributed by atoms with van der Waals surface area (Å²) in [6.45, 7) is 0. The lowest BCUT2D eigenvalue weighted by molar-refractivity contribution is 0.0600. The maximum atomic E-state index is 14.7. The Kier molecular flexibility index (Phi) is 7.17. The van der Waals surface area contributed by atoms with Crippen LogP contribution in [0.25, 0.3) is 12.2 Å². The highest BCUT2D eigenvalue weighted by Gasteiger charge is 2.25. The van der Waals surface area contributed by atoms with E-state index in [9.17, 15) is 14.0 Å². The van der Waals surface area contributed by atoms with Crippen LogP contribution in [0.4, 0.5) is 10.3 Å². The molecule has 0 amide bonds. The van der Waals surface area contributed by atoms with Crippen molar-refractivity contribution in [1.82, 2.24) is 14.5 Å². The Morgan fingerprint density at radius 3 is 2.61 bits per heavy atom. The number of carbonyl (C=O) groups is 1. The van der Waals surface area contributed by atoms with E-state index in [1.54, 1.807) is 29.1 Å². The number of methoxy groups -OCH3 is 2. The van der Waals surface area contributed by atoms with Crippen LogP contribution in [0.2, 0.25) is 0 Å². The summed E-state index contributed by atoms with van der Waals surface area (Å²) >= 11 is 0. The van der Waals surface area contributed by atoms with Gasteiger partial charge >= 0.3 is 5.97 Å². The number of hydrogen-bond acceptors (Lipinski definition) is 7. The fourth-order valence-electron chi connectivity index (χ4n) is 4.27. The van der Waals surface area contributed by atoms with E-state index >= 15 is 0 Å². The van der Waals surface area contributed by atoms with Gasteiger partial charge in [0.25, 0.3) is 5.56 Å². The number of rotatable bonds is 8. The molecule has 2 aliphatic rings. The molecule has 9 heteroatoms. The van der Waals surface area contributed by atoms with Crippen LogP contribution in [0.15, 0.2) is 71.6 Å². The van der Waals surface area contributed by atoms with Crippen molar-refractivity contribution in [1.29, 1.82) is 0 Å². The van der Waals surface area contributed by atoms with E-state index in [-0.39, 0.29) is 28.5 Å². The number of aromatic nitrogens is 3. The molecule has 1 saturated carbocycles. The SMILES string of the molecule is COC(=O)c1cc(/C=C/c2cnc(NC3=CCC(n4cc(C5CC5)ccc4=O)C=C3)nc2)c(F)c(OC)c1. The van der Waals surface area contributed by atoms with Crippen LogP contribution < -0.4 is 15.6 Å². The third-order valence-electron chi connectivity index (χ3n) is 6.54. The molecule has 2 heterocycles. The van der Waals surface area contributed by atoms with Crippen molar-refractivity contribution in [2.24, 2.45) is 0 Å². The zero-order valence-corrected chi connectivity index (χ0v) is 21.1. The van der Waals surface area contributed by atoms with E-state index in [2.05, 4.69) is 15.3 Å². The summed E-state index contributed by atoms with van der Waals surface area (Å²) in [7, 11) is 2.59. The molecule has 5 rings (SSSR count). The van der Waals surface area contributed by atoms with Crippen molar-refractivity contribution in [2.75, 3.05) is 19.5 Å². The number of pyridine rings is 1. The van der Waals surface area contributed by atoms with Crippen LogP contribution >= 0.6 is 0 Å². The first-order valence-electron chi connectivity index (χ1n) is 12.3. The van der Waals surface area contributed by atoms with Gasteiger partial charge in [-0.2, -0.15) is 0 Å². The molecule has 1 fully saturated rings. The Hall–Kier alpha value is -4.53. The molecule has 8 nitrogen and oxygen atoms in total. The second-order valence-corrected chi connectivity index (χ2v) is 9.18. The molecule has 38 heavy (non-hydrogen) atoms. The number of benzene rings is 1. The zero-order chi connectivity index (χ0) is 26.6. The van der Waals surface area contributed by atoms with Gasteiger partial charge in [0.1, 0.15) is 0 Å². The average molecular weight is 515 g/mol. The first-order valence-corrected chi connectivity index (χ1v) is 12.3. The number of nitrogens with one attached hydrogen (secondary N) is 1. The molecule has 0 radical (unpaired) electrons. The van der Waals surface area contributed by atoms with Crippen LogP contribution in [-0.2, 0) is 4.74 Å². The highest BCUT2D eigenvalue weighted by atomic mass is 19.1. The number of ether oxygens (including phenoxy) is 2. The quantitative estimate of drug-likeness (QED) is 0.417. The Balaban J connectivity index is 1.24. The van der Waals surface area contributed by atoms with Crippen molar-refractivity contribution in [2.45, 2.75) is 31.2 Å². The molecular formula is C29H27FN4O4. The lowest BCUT2D eigenvalue weighted by atomic mass is 10.1. The summed E-state index contributed by atoms with van der Waals surface area (Å²) in [6.07, 6.45) is 17.3. The van der Waals surface area contributed by atoms with Crippen molar-refractivity contribution in [3.05, 3.63) is 105 Å². The minimum atomic E-state index is -0.591. The van der Waals surface area contributed by atoms with Gasteiger partial charge in [-0.1, -0.05) is 30.4 Å². The molecule has 0 saturated heterocycles. The molecule has 1 N–H and O–H groups in total. The molecule has 2 aromatic heterocycles. The number of allylic oxidation sites excluding steroid dienone is 3. The molecule has 0 spiro atoms. The van der Waals surface area contributed by atoms with E-state index in [0.717, 1.165) is 5.70 Å². The van der Waals surface area contributed by atoms with E-state index in [0.29, 0.717) is 23.9 Å². The van der Waals surface area contributed by atoms with Crippen LogP contribution in [-0.4, -0.2) is 34.7 Å². The third kappa shape index (κ3) is 5.56. The summed E-state index contributed by atoms with van der Waals surface area (Å²) in [5.41, 5.74) is 3.05. The Labute approximate surface area is 219 Å². The standard InChI is InChI=1S/C29H27FN4O4/c1-37-25-14-22(28(36)38-2)13-20(27(25)30)4-3-18-15-31-29(32-16-18)33-23-8-10-24(11-9-23)34-17-21(19-5-6-19)7-12-26(34)35/h3-4,7-10,12-17,19,24H,5-6,11H2,1-2H3,(H,31,32,33)/b4-3+. The molecule has 1 atom stereocenters. The molecule has 2 aliphatic carbocycles. The minimum Gasteiger partial charge on any atom is -0.494 e. The summed E-state index contributed by atoms with van der Waals surface area (Å²) in [4.78, 5) is 32.9. The zero-order valence-electron chi connectivity index (χ0n) is 21.1. The van der Waals surface area contributed by atoms with Crippen molar-refractivity contribution < 1.29 is 18.7 Å². The maximum absolute atomic E-state index is 14.7. The van der Waals surface area contributed by atoms with Crippen LogP contribution in [0, 0.1) is 5.82 Å². The van der Waals surface area contributed by atoms with Crippen molar-refractivity contribution in [3.63, 3.8) is 0 Å². The average Bonchev–Trinajstić information content (AvgIpc) is 3.79. The second-order valence-electron chi connectivity index (χ2n) is 9.18. The molecular weight excluding hydrogens is 487 g/mol. The van der Waals surface area contributed by atoms with Gasteiger partial charge < -0.3 is 19.4 Å². The lowest BCUT2D eigenvalue weighted by Crippen LogP contribution is -2.24. The van der Waals surface area contributed by atoms with Gasteiger partial charge in [0.2, 0.25) is 5.95 Å². The van der Waals surface area contributed by atoms with Crippen LogP contribution in [0.3, 0.4) is 0 Å². The van der Waals surface area contributed by atoms with Gasteiger partial charge in [-0.05, 0) is 49.0 Å². The van der Waals surface area contributed by atoms with Gasteiger partial charge in [-0.25, -0.2) is 19.2 Å². The first kappa shape index (κ1) is 25.1. The van der Waals surface area contributed by atoms with E-state index < -0.39 is 11.8 Å². The smallest absolute Gasteiger partial charge is 0.338 e. The van der Waals surface area contributed by atoms with Crippen molar-refractivity contribution in [3.8, 4) is 5.75 Å². The molecule has 0 aliphatic heterocycles. The largest absolute Gasteiger partial charge is 0.494 e. The van der Waals surface area contributed by atoms with Gasteiger partial charge in [0, 0.05) is 41.5 Å². The van der Waals surface area contributed by atoms with Crippen LogP contribution in [0.5, 0.6) is 5.75 Å². The maximum Gasteiger partial charge on any atom is 0.338 e. The number of carbonyl (C=O) groups excluding carboxylic acids is 1. The number of anilines is 1. The monoisotopic (exact) mass is 514 g/mol. The molecule has 3 aromatic rings. The van der Waals surface area contributed by atoms with Gasteiger partial charge in [0.05, 0.1) is 25.8 Å². The van der Waals surface area contributed by atoms with E-state index in [1.807, 2.05) is 30.5 Å². The number of nitrogens with zero attached hydrogens (tertiary/aromatic N) is 3. The topological polar surface area (TPSA) is 95.3 Å². The predicted octanol–water partition coefficient (Wildman–Crippen LogP) is 5.12. The molecule has 0 bridgehead atoms. The highest BCUT2D eigenvalue weighted by Crippen LogP contribution is 2.39. The summed E-state index contributed by atoms with van der Waals surface area (Å²) in [6, 6.07) is 6.25. The Bertz CT molecular complexity index is 1500. The van der Waals surface area contributed by atoms with Gasteiger partial charge in [-0.3, -0.25) is 4.79 Å². The Morgan fingerprint density at radius 2 is 1.95 bits per heavy atom. The summed E-state index contributed by atoms with van der Waals surface area (Å²) < 4.78 is 26.2. The van der Waals surface area contributed by atoms with Gasteiger partial charge in [-0.15, -0.1) is 0 Å². The van der Waals surface area contributed by atoms with Gasteiger partial charge in [0.15, 0.2) is 11.6 Å². The minimum absolute atomic E-state index is 0.00353. The predicted molar refractivity (Wildman–Crippen MR) is 142 cm³/mol. The summed E-state index contributed by atoms with van der Waals surface area (Å²) in [5.74, 6) is -0.242. The normalized spacial score (nSPS) is 16.8. The highest BCUT2D eigenvalue weighted by molar-refractivity contribution is 5.91. The number of hydrogen-bond donors (Lipinski definition) is 1. The van der Waals surface area contributed by atoms with Crippen LogP contribution in [0.1, 0.15) is 58.3 Å². The fourth-order valence-corrected chi connectivity index (χ4v) is 4.27. The molecule has 1 unspecified atom stereocenters. The summed E-state index contributed by atoms with van der Waals surface area (Å²) in [5, 5.41) is 3.17.